The third-order valence-corrected chi connectivity index (χ3v) is 5.85. The van der Waals surface area contributed by atoms with Crippen molar-refractivity contribution < 1.29 is 9.47 Å². The lowest BCUT2D eigenvalue weighted by molar-refractivity contribution is 0.384. The first-order valence-electron chi connectivity index (χ1n) is 7.71. The maximum Gasteiger partial charge on any atom is 0.127 e. The third-order valence-electron chi connectivity index (χ3n) is 5.85. The van der Waals surface area contributed by atoms with Gasteiger partial charge in [-0.15, -0.1) is 0 Å². The summed E-state index contributed by atoms with van der Waals surface area (Å²) in [4.78, 5) is 0. The summed E-state index contributed by atoms with van der Waals surface area (Å²) < 4.78 is 10.7. The largest absolute Gasteiger partial charge is 0.497 e. The number of benzene rings is 1. The van der Waals surface area contributed by atoms with Gasteiger partial charge in [0.05, 0.1) is 14.2 Å². The Morgan fingerprint density at radius 2 is 1.71 bits per heavy atom. The Morgan fingerprint density at radius 3 is 2.19 bits per heavy atom. The van der Waals surface area contributed by atoms with Gasteiger partial charge in [0.25, 0.3) is 0 Å². The molecule has 3 heteroatoms. The summed E-state index contributed by atoms with van der Waals surface area (Å²) in [5, 5.41) is 3.66. The highest BCUT2D eigenvalue weighted by Crippen LogP contribution is 2.68. The predicted molar refractivity (Wildman–Crippen MR) is 87.0 cm³/mol. The number of hydrogen-bond acceptors (Lipinski definition) is 3. The van der Waals surface area contributed by atoms with Crippen molar-refractivity contribution >= 4 is 0 Å². The average molecular weight is 291 g/mol. The molecule has 1 aromatic rings. The van der Waals surface area contributed by atoms with Crippen molar-refractivity contribution in [1.82, 2.24) is 5.32 Å². The third kappa shape index (κ3) is 2.76. The summed E-state index contributed by atoms with van der Waals surface area (Å²) in [6, 6.07) is 6.27. The van der Waals surface area contributed by atoms with Crippen LogP contribution in [-0.4, -0.2) is 20.8 Å². The van der Waals surface area contributed by atoms with Crippen LogP contribution in [0.15, 0.2) is 18.2 Å². The second-order valence-electron chi connectivity index (χ2n) is 7.23. The van der Waals surface area contributed by atoms with Crippen LogP contribution in [0.2, 0.25) is 0 Å². The van der Waals surface area contributed by atoms with Gasteiger partial charge in [-0.2, -0.15) is 0 Å². The average Bonchev–Trinajstić information content (AvgIpc) is 2.85. The molecule has 3 nitrogen and oxygen atoms in total. The van der Waals surface area contributed by atoms with Crippen LogP contribution in [0, 0.1) is 16.7 Å². The topological polar surface area (TPSA) is 30.5 Å². The Balaban J connectivity index is 2.03. The minimum absolute atomic E-state index is 0.262. The molecule has 0 aromatic heterocycles. The van der Waals surface area contributed by atoms with E-state index in [1.54, 1.807) is 14.2 Å². The number of ether oxygens (including phenoxy) is 2. The Hall–Kier alpha value is -1.22. The first kappa shape index (κ1) is 16.2. The highest BCUT2D eigenvalue weighted by molar-refractivity contribution is 5.42. The van der Waals surface area contributed by atoms with Crippen molar-refractivity contribution in [3.63, 3.8) is 0 Å². The summed E-state index contributed by atoms with van der Waals surface area (Å²) in [7, 11) is 3.38. The quantitative estimate of drug-likeness (QED) is 0.858. The summed E-state index contributed by atoms with van der Waals surface area (Å²) in [6.45, 7) is 12.7. The molecule has 0 spiro atoms. The van der Waals surface area contributed by atoms with Gasteiger partial charge in [0.2, 0.25) is 0 Å². The van der Waals surface area contributed by atoms with Crippen LogP contribution in [0.5, 0.6) is 11.5 Å². The molecule has 21 heavy (non-hydrogen) atoms. The molecule has 1 atom stereocenters. The zero-order chi connectivity index (χ0) is 15.8. The summed E-state index contributed by atoms with van der Waals surface area (Å²) >= 11 is 0. The van der Waals surface area contributed by atoms with Crippen molar-refractivity contribution in [2.45, 2.75) is 40.7 Å². The van der Waals surface area contributed by atoms with Gasteiger partial charge in [-0.05, 0) is 36.3 Å². The van der Waals surface area contributed by atoms with Crippen molar-refractivity contribution in [2.75, 3.05) is 20.8 Å². The Labute approximate surface area is 129 Å². The van der Waals surface area contributed by atoms with E-state index in [1.165, 1.54) is 5.56 Å². The van der Waals surface area contributed by atoms with E-state index in [1.807, 2.05) is 12.1 Å². The Morgan fingerprint density at radius 1 is 1.10 bits per heavy atom. The predicted octanol–water partition coefficient (Wildman–Crippen LogP) is 4.04. The van der Waals surface area contributed by atoms with Gasteiger partial charge < -0.3 is 14.8 Å². The molecule has 0 aliphatic heterocycles. The van der Waals surface area contributed by atoms with Crippen LogP contribution < -0.4 is 14.8 Å². The molecule has 0 radical (unpaired) electrons. The lowest BCUT2D eigenvalue weighted by Crippen LogP contribution is -2.23. The van der Waals surface area contributed by atoms with E-state index < -0.39 is 0 Å². The monoisotopic (exact) mass is 291 g/mol. The van der Waals surface area contributed by atoms with Gasteiger partial charge in [0.15, 0.2) is 0 Å². The van der Waals surface area contributed by atoms with Gasteiger partial charge >= 0.3 is 0 Å². The standard InChI is InChI=1S/C18H29NO2/c1-12(19-11-16-17(2,3)18(16,4)5)14-9-8-13(20-6)10-15(14)21-7/h8-10,12,16,19H,11H2,1-7H3. The fraction of sp³-hybridized carbons (Fsp3) is 0.667. The lowest BCUT2D eigenvalue weighted by atomic mass is 10.0. The first-order chi connectivity index (χ1) is 9.75. The number of nitrogens with one attached hydrogen (secondary N) is 1. The fourth-order valence-corrected chi connectivity index (χ4v) is 3.42. The molecule has 0 amide bonds. The van der Waals surface area contributed by atoms with E-state index >= 15 is 0 Å². The van der Waals surface area contributed by atoms with Crippen molar-refractivity contribution in [2.24, 2.45) is 16.7 Å². The Bertz CT molecular complexity index is 494. The van der Waals surface area contributed by atoms with E-state index in [0.717, 1.165) is 24.0 Å². The van der Waals surface area contributed by atoms with Crippen LogP contribution in [0.4, 0.5) is 0 Å². The molecular formula is C18H29NO2. The SMILES string of the molecule is COc1ccc(C(C)NCC2C(C)(C)C2(C)C)c(OC)c1. The normalized spacial score (nSPS) is 20.9. The lowest BCUT2D eigenvalue weighted by Gasteiger charge is -2.18. The van der Waals surface area contributed by atoms with E-state index in [2.05, 4.69) is 46.0 Å². The molecule has 1 unspecified atom stereocenters. The highest BCUT2D eigenvalue weighted by Gasteiger charge is 2.63. The molecule has 1 aliphatic rings. The van der Waals surface area contributed by atoms with Crippen LogP contribution in [0.1, 0.15) is 46.2 Å². The zero-order valence-corrected chi connectivity index (χ0v) is 14.4. The van der Waals surface area contributed by atoms with Gasteiger partial charge in [-0.3, -0.25) is 0 Å². The Kier molecular flexibility index (Phi) is 4.25. The number of methoxy groups -OCH3 is 2. The smallest absolute Gasteiger partial charge is 0.127 e. The molecule has 0 saturated heterocycles. The second kappa shape index (κ2) is 5.53. The summed E-state index contributed by atoms with van der Waals surface area (Å²) in [6.07, 6.45) is 0. The molecule has 1 aromatic carbocycles. The molecule has 1 N–H and O–H groups in total. The molecule has 1 aliphatic carbocycles. The minimum atomic E-state index is 0.262. The maximum absolute atomic E-state index is 5.49. The minimum Gasteiger partial charge on any atom is -0.497 e. The number of rotatable bonds is 6. The van der Waals surface area contributed by atoms with Gasteiger partial charge in [0, 0.05) is 17.7 Å². The van der Waals surface area contributed by atoms with Gasteiger partial charge in [-0.1, -0.05) is 33.8 Å². The van der Waals surface area contributed by atoms with Crippen molar-refractivity contribution in [3.8, 4) is 11.5 Å². The second-order valence-corrected chi connectivity index (χ2v) is 7.23. The fourth-order valence-electron chi connectivity index (χ4n) is 3.42. The van der Waals surface area contributed by atoms with E-state index in [9.17, 15) is 0 Å². The highest BCUT2D eigenvalue weighted by atomic mass is 16.5. The molecule has 118 valence electrons. The van der Waals surface area contributed by atoms with Crippen molar-refractivity contribution in [1.29, 1.82) is 0 Å². The van der Waals surface area contributed by atoms with Gasteiger partial charge in [-0.25, -0.2) is 0 Å². The van der Waals surface area contributed by atoms with E-state index in [-0.39, 0.29) is 6.04 Å². The molecule has 0 heterocycles. The van der Waals surface area contributed by atoms with Crippen LogP contribution >= 0.6 is 0 Å². The summed E-state index contributed by atoms with van der Waals surface area (Å²) in [5.41, 5.74) is 2.02. The molecule has 1 saturated carbocycles. The molecule has 0 bridgehead atoms. The van der Waals surface area contributed by atoms with E-state index in [4.69, 9.17) is 9.47 Å². The van der Waals surface area contributed by atoms with Crippen LogP contribution in [0.25, 0.3) is 0 Å². The molecular weight excluding hydrogens is 262 g/mol. The summed E-state index contributed by atoms with van der Waals surface area (Å²) in [5.74, 6) is 2.42. The number of hydrogen-bond donors (Lipinski definition) is 1. The van der Waals surface area contributed by atoms with Crippen LogP contribution in [0.3, 0.4) is 0 Å². The van der Waals surface area contributed by atoms with Crippen molar-refractivity contribution in [3.05, 3.63) is 23.8 Å². The molecule has 2 rings (SSSR count). The maximum atomic E-state index is 5.49. The molecule has 1 fully saturated rings. The first-order valence-corrected chi connectivity index (χ1v) is 7.71. The van der Waals surface area contributed by atoms with Gasteiger partial charge in [0.1, 0.15) is 11.5 Å². The van der Waals surface area contributed by atoms with Crippen LogP contribution in [-0.2, 0) is 0 Å². The zero-order valence-electron chi connectivity index (χ0n) is 14.4. The van der Waals surface area contributed by atoms with E-state index in [0.29, 0.717) is 10.8 Å².